The van der Waals surface area contributed by atoms with Crippen molar-refractivity contribution in [1.82, 2.24) is 10.6 Å². The zero-order valence-electron chi connectivity index (χ0n) is 14.5. The number of carbonyl (C=O) groups is 1. The van der Waals surface area contributed by atoms with Gasteiger partial charge in [-0.2, -0.15) is 0 Å². The predicted octanol–water partition coefficient (Wildman–Crippen LogP) is 3.22. The Morgan fingerprint density at radius 1 is 1.00 bits per heavy atom. The van der Waals surface area contributed by atoms with Crippen LogP contribution in [-0.4, -0.2) is 38.8 Å². The first kappa shape index (κ1) is 19.2. The lowest BCUT2D eigenvalue weighted by atomic mass is 9.79. The van der Waals surface area contributed by atoms with Crippen molar-refractivity contribution < 1.29 is 9.53 Å². The Labute approximate surface area is 151 Å². The van der Waals surface area contributed by atoms with Crippen molar-refractivity contribution in [3.63, 3.8) is 0 Å². The molecule has 24 heavy (non-hydrogen) atoms. The van der Waals surface area contributed by atoms with E-state index in [4.69, 9.17) is 4.74 Å². The van der Waals surface area contributed by atoms with Gasteiger partial charge >= 0.3 is 5.97 Å². The third-order valence-corrected chi connectivity index (χ3v) is 5.16. The normalized spacial score (nSPS) is 19.5. The molecule has 2 fully saturated rings. The van der Waals surface area contributed by atoms with Crippen molar-refractivity contribution in [2.24, 2.45) is 0 Å². The number of esters is 1. The van der Waals surface area contributed by atoms with Gasteiger partial charge in [-0.25, -0.2) is 4.79 Å². The van der Waals surface area contributed by atoms with Crippen LogP contribution >= 0.6 is 12.4 Å². The van der Waals surface area contributed by atoms with Crippen LogP contribution in [0.2, 0.25) is 0 Å². The Bertz CT molecular complexity index is 538. The summed E-state index contributed by atoms with van der Waals surface area (Å²) in [5.41, 5.74) is 3.56. The number of rotatable bonds is 4. The number of hydrogen-bond acceptors (Lipinski definition) is 4. The average Bonchev–Trinajstić information content (AvgIpc) is 2.63. The van der Waals surface area contributed by atoms with E-state index in [2.05, 4.69) is 22.8 Å². The van der Waals surface area contributed by atoms with Crippen LogP contribution in [0.1, 0.15) is 65.9 Å². The highest BCUT2D eigenvalue weighted by atomic mass is 35.5. The van der Waals surface area contributed by atoms with Gasteiger partial charge in [-0.15, -0.1) is 12.4 Å². The molecule has 0 radical (unpaired) electrons. The number of nitrogens with one attached hydrogen (secondary N) is 2. The first-order valence-electron chi connectivity index (χ1n) is 9.02. The van der Waals surface area contributed by atoms with Gasteiger partial charge in [0.25, 0.3) is 0 Å². The second-order valence-electron chi connectivity index (χ2n) is 6.61. The Morgan fingerprint density at radius 2 is 1.54 bits per heavy atom. The van der Waals surface area contributed by atoms with E-state index in [1.54, 1.807) is 0 Å². The van der Waals surface area contributed by atoms with E-state index in [0.29, 0.717) is 24.0 Å². The molecule has 1 aromatic rings. The van der Waals surface area contributed by atoms with Crippen LogP contribution in [0.15, 0.2) is 18.2 Å². The fourth-order valence-corrected chi connectivity index (χ4v) is 3.91. The molecule has 0 atom stereocenters. The van der Waals surface area contributed by atoms with Gasteiger partial charge in [-0.3, -0.25) is 0 Å². The van der Waals surface area contributed by atoms with Crippen molar-refractivity contribution in [2.45, 2.75) is 44.4 Å². The van der Waals surface area contributed by atoms with Gasteiger partial charge in [0.1, 0.15) is 0 Å². The van der Waals surface area contributed by atoms with Gasteiger partial charge in [0, 0.05) is 0 Å². The molecule has 0 aromatic heterocycles. The lowest BCUT2D eigenvalue weighted by Gasteiger charge is -2.30. The quantitative estimate of drug-likeness (QED) is 0.817. The second-order valence-corrected chi connectivity index (χ2v) is 6.61. The second kappa shape index (κ2) is 9.40. The number of carbonyl (C=O) groups excluding carboxylic acids is 1. The molecule has 2 aliphatic rings. The van der Waals surface area contributed by atoms with E-state index < -0.39 is 0 Å². The summed E-state index contributed by atoms with van der Waals surface area (Å²) in [6, 6.07) is 6.27. The van der Waals surface area contributed by atoms with E-state index in [1.807, 2.05) is 13.0 Å². The molecule has 2 saturated heterocycles. The molecule has 0 amide bonds. The van der Waals surface area contributed by atoms with Crippen LogP contribution in [0.25, 0.3) is 0 Å². The predicted molar refractivity (Wildman–Crippen MR) is 99.3 cm³/mol. The number of ether oxygens (including phenoxy) is 1. The molecule has 2 aliphatic heterocycles. The topological polar surface area (TPSA) is 50.4 Å². The van der Waals surface area contributed by atoms with E-state index in [-0.39, 0.29) is 18.4 Å². The summed E-state index contributed by atoms with van der Waals surface area (Å²) < 4.78 is 5.19. The van der Waals surface area contributed by atoms with Crippen LogP contribution in [0, 0.1) is 0 Å². The molecule has 134 valence electrons. The maximum atomic E-state index is 12.1. The van der Waals surface area contributed by atoms with Crippen LogP contribution in [0.5, 0.6) is 0 Å². The van der Waals surface area contributed by atoms with Gasteiger partial charge < -0.3 is 15.4 Å². The summed E-state index contributed by atoms with van der Waals surface area (Å²) in [5, 5.41) is 6.89. The van der Waals surface area contributed by atoms with E-state index in [0.717, 1.165) is 39.0 Å². The molecule has 0 spiro atoms. The first-order valence-corrected chi connectivity index (χ1v) is 9.02. The maximum absolute atomic E-state index is 12.1. The number of piperidine rings is 2. The summed E-state index contributed by atoms with van der Waals surface area (Å²) in [5.74, 6) is 0.993. The monoisotopic (exact) mass is 352 g/mol. The Balaban J connectivity index is 0.00000208. The highest BCUT2D eigenvalue weighted by Gasteiger charge is 2.25. The molecule has 5 heteroatoms. The molecule has 2 N–H and O–H groups in total. The third-order valence-electron chi connectivity index (χ3n) is 5.16. The van der Waals surface area contributed by atoms with Gasteiger partial charge in [0.05, 0.1) is 12.2 Å². The molecule has 4 nitrogen and oxygen atoms in total. The summed E-state index contributed by atoms with van der Waals surface area (Å²) >= 11 is 0. The van der Waals surface area contributed by atoms with Crippen molar-refractivity contribution >= 4 is 18.4 Å². The molecule has 1 aromatic carbocycles. The number of halogens is 1. The van der Waals surface area contributed by atoms with Gasteiger partial charge in [0.2, 0.25) is 0 Å². The van der Waals surface area contributed by atoms with Crippen molar-refractivity contribution in [2.75, 3.05) is 32.8 Å². The van der Waals surface area contributed by atoms with Crippen molar-refractivity contribution in [1.29, 1.82) is 0 Å². The van der Waals surface area contributed by atoms with E-state index >= 15 is 0 Å². The smallest absolute Gasteiger partial charge is 0.338 e. The Kier molecular flexibility index (Phi) is 7.53. The zero-order chi connectivity index (χ0) is 16.1. The molecule has 0 bridgehead atoms. The van der Waals surface area contributed by atoms with Gasteiger partial charge in [-0.1, -0.05) is 6.07 Å². The summed E-state index contributed by atoms with van der Waals surface area (Å²) in [6.45, 7) is 6.61. The van der Waals surface area contributed by atoms with Crippen molar-refractivity contribution in [3.05, 3.63) is 34.9 Å². The fraction of sp³-hybridized carbons (Fsp3) is 0.632. The molecule has 2 heterocycles. The maximum Gasteiger partial charge on any atom is 0.338 e. The largest absolute Gasteiger partial charge is 0.462 e. The van der Waals surface area contributed by atoms with Gasteiger partial charge in [0.15, 0.2) is 0 Å². The SMILES string of the molecule is CCOC(=O)c1ccc(C2CCNCC2)c(C2CCNCC2)c1.Cl. The van der Waals surface area contributed by atoms with Crippen LogP contribution in [0.3, 0.4) is 0 Å². The number of hydrogen-bond donors (Lipinski definition) is 2. The summed E-state index contributed by atoms with van der Waals surface area (Å²) in [4.78, 5) is 12.1. The molecular weight excluding hydrogens is 324 g/mol. The van der Waals surface area contributed by atoms with Gasteiger partial charge in [-0.05, 0) is 93.9 Å². The minimum absolute atomic E-state index is 0. The highest BCUT2D eigenvalue weighted by molar-refractivity contribution is 5.89. The van der Waals surface area contributed by atoms with Crippen LogP contribution < -0.4 is 10.6 Å². The molecule has 0 saturated carbocycles. The molecule has 0 aliphatic carbocycles. The Morgan fingerprint density at radius 3 is 2.08 bits per heavy atom. The lowest BCUT2D eigenvalue weighted by Crippen LogP contribution is -2.29. The minimum atomic E-state index is -0.195. The summed E-state index contributed by atoms with van der Waals surface area (Å²) in [6.07, 6.45) is 4.70. The molecule has 0 unspecified atom stereocenters. The van der Waals surface area contributed by atoms with E-state index in [9.17, 15) is 4.79 Å². The third kappa shape index (κ3) is 4.50. The van der Waals surface area contributed by atoms with Crippen molar-refractivity contribution in [3.8, 4) is 0 Å². The zero-order valence-corrected chi connectivity index (χ0v) is 15.3. The minimum Gasteiger partial charge on any atom is -0.462 e. The fourth-order valence-electron chi connectivity index (χ4n) is 3.91. The van der Waals surface area contributed by atoms with Crippen LogP contribution in [-0.2, 0) is 4.74 Å². The molecular formula is C19H29ClN2O2. The van der Waals surface area contributed by atoms with E-state index in [1.165, 1.54) is 24.0 Å². The first-order chi connectivity index (χ1) is 11.3. The van der Waals surface area contributed by atoms with Crippen LogP contribution in [0.4, 0.5) is 0 Å². The number of benzene rings is 1. The average molecular weight is 353 g/mol. The standard InChI is InChI=1S/C19H28N2O2.ClH/c1-2-23-19(22)16-3-4-17(14-5-9-20-10-6-14)18(13-16)15-7-11-21-12-8-15;/h3-4,13-15,20-21H,2,5-12H2,1H3;1H. The molecule has 3 rings (SSSR count). The highest BCUT2D eigenvalue weighted by Crippen LogP contribution is 2.36. The lowest BCUT2D eigenvalue weighted by molar-refractivity contribution is 0.0526. The summed E-state index contributed by atoms with van der Waals surface area (Å²) in [7, 11) is 0. The Hall–Kier alpha value is -1.10.